The first-order valence-electron chi connectivity index (χ1n) is 5.93. The fourth-order valence-corrected chi connectivity index (χ4v) is 1.54. The molecule has 8 heteroatoms. The Bertz CT molecular complexity index is 621. The van der Waals surface area contributed by atoms with Crippen LogP contribution < -0.4 is 16.4 Å². The molecule has 21 heavy (non-hydrogen) atoms. The van der Waals surface area contributed by atoms with Gasteiger partial charge in [-0.25, -0.2) is 9.59 Å². The van der Waals surface area contributed by atoms with E-state index < -0.39 is 30.4 Å². The van der Waals surface area contributed by atoms with E-state index >= 15 is 0 Å². The predicted molar refractivity (Wildman–Crippen MR) is 73.3 cm³/mol. The number of hydrogen-bond donors (Lipinski definition) is 4. The molecule has 1 aromatic rings. The number of aliphatic carboxylic acids is 1. The highest BCUT2D eigenvalue weighted by Crippen LogP contribution is 2.16. The molecule has 1 aromatic carbocycles. The van der Waals surface area contributed by atoms with E-state index in [9.17, 15) is 14.4 Å². The van der Waals surface area contributed by atoms with Crippen LogP contribution in [0.4, 0.5) is 10.5 Å². The number of hydrogen-bond acceptors (Lipinski definition) is 4. The van der Waals surface area contributed by atoms with Gasteiger partial charge in [-0.1, -0.05) is 6.07 Å². The van der Waals surface area contributed by atoms with Gasteiger partial charge >= 0.3 is 12.0 Å². The van der Waals surface area contributed by atoms with Gasteiger partial charge in [-0.05, 0) is 24.6 Å². The summed E-state index contributed by atoms with van der Waals surface area (Å²) < 4.78 is 0. The third-order valence-electron chi connectivity index (χ3n) is 2.62. The van der Waals surface area contributed by atoms with Crippen LogP contribution in [-0.2, 0) is 9.59 Å². The molecule has 1 rings (SSSR count). The molecule has 3 amide bonds. The summed E-state index contributed by atoms with van der Waals surface area (Å²) in [4.78, 5) is 33.4. The van der Waals surface area contributed by atoms with Crippen LogP contribution >= 0.6 is 0 Å². The second-order valence-corrected chi connectivity index (χ2v) is 4.30. The lowest BCUT2D eigenvalue weighted by molar-refractivity contribution is -0.140. The monoisotopic (exact) mass is 290 g/mol. The lowest BCUT2D eigenvalue weighted by Gasteiger charge is -2.14. The standard InChI is InChI=1S/C13H14N4O4/c1-7-2-3-8(6-14)4-9(7)16-13(21)17-10(12(19)20)5-11(15)18/h2-4,10H,5H2,1H3,(H2,15,18)(H,19,20)(H2,16,17,21). The number of nitrogens with two attached hydrogens (primary N) is 1. The number of aryl methyl sites for hydroxylation is 1. The SMILES string of the molecule is Cc1ccc(C#N)cc1NC(=O)NC(CC(N)=O)C(=O)O. The highest BCUT2D eigenvalue weighted by molar-refractivity contribution is 5.94. The number of carboxylic acids is 1. The van der Waals surface area contributed by atoms with Crippen molar-refractivity contribution in [3.63, 3.8) is 0 Å². The first kappa shape index (κ1) is 16.0. The molecule has 0 aliphatic rings. The number of nitrogens with one attached hydrogen (secondary N) is 2. The molecule has 0 radical (unpaired) electrons. The number of primary amides is 1. The maximum atomic E-state index is 11.7. The number of benzene rings is 1. The zero-order chi connectivity index (χ0) is 16.0. The van der Waals surface area contributed by atoms with Crippen molar-refractivity contribution in [1.29, 1.82) is 5.26 Å². The Kier molecular flexibility index (Phi) is 5.25. The third-order valence-corrected chi connectivity index (χ3v) is 2.62. The minimum absolute atomic E-state index is 0.350. The number of nitriles is 1. The van der Waals surface area contributed by atoms with Crippen LogP contribution in [0.5, 0.6) is 0 Å². The number of carbonyl (C=O) groups excluding carboxylic acids is 2. The highest BCUT2D eigenvalue weighted by atomic mass is 16.4. The molecule has 8 nitrogen and oxygen atoms in total. The number of anilines is 1. The normalized spacial score (nSPS) is 11.0. The van der Waals surface area contributed by atoms with Crippen LogP contribution in [0.1, 0.15) is 17.5 Å². The summed E-state index contributed by atoms with van der Waals surface area (Å²) in [6.45, 7) is 1.72. The number of amides is 3. The van der Waals surface area contributed by atoms with Gasteiger partial charge in [-0.2, -0.15) is 5.26 Å². The zero-order valence-electron chi connectivity index (χ0n) is 11.2. The van der Waals surface area contributed by atoms with Crippen LogP contribution in [-0.4, -0.2) is 29.1 Å². The number of rotatable bonds is 5. The van der Waals surface area contributed by atoms with Gasteiger partial charge in [-0.15, -0.1) is 0 Å². The van der Waals surface area contributed by atoms with Gasteiger partial charge in [0.1, 0.15) is 6.04 Å². The second kappa shape index (κ2) is 6.91. The molecular formula is C13H14N4O4. The van der Waals surface area contributed by atoms with Crippen LogP contribution in [0.3, 0.4) is 0 Å². The number of urea groups is 1. The Morgan fingerprint density at radius 3 is 2.62 bits per heavy atom. The summed E-state index contributed by atoms with van der Waals surface area (Å²) in [5.41, 5.74) is 6.33. The molecule has 1 unspecified atom stereocenters. The van der Waals surface area contributed by atoms with Crippen LogP contribution in [0.25, 0.3) is 0 Å². The molecule has 1 atom stereocenters. The Morgan fingerprint density at radius 1 is 1.43 bits per heavy atom. The van der Waals surface area contributed by atoms with E-state index in [1.807, 2.05) is 6.07 Å². The Morgan fingerprint density at radius 2 is 2.10 bits per heavy atom. The van der Waals surface area contributed by atoms with Crippen molar-refractivity contribution < 1.29 is 19.5 Å². The summed E-state index contributed by atoms with van der Waals surface area (Å²) in [5.74, 6) is -2.21. The van der Waals surface area contributed by atoms with Crippen LogP contribution in [0.15, 0.2) is 18.2 Å². The number of carboxylic acid groups (broad SMARTS) is 1. The Hall–Kier alpha value is -3.08. The molecule has 110 valence electrons. The third kappa shape index (κ3) is 4.83. The summed E-state index contributed by atoms with van der Waals surface area (Å²) in [6.07, 6.45) is -0.514. The molecule has 0 aliphatic carbocycles. The van der Waals surface area contributed by atoms with Crippen LogP contribution in [0.2, 0.25) is 0 Å². The first-order valence-corrected chi connectivity index (χ1v) is 5.93. The van der Waals surface area contributed by atoms with Gasteiger partial charge in [0.05, 0.1) is 18.1 Å². The van der Waals surface area contributed by atoms with Crippen molar-refractivity contribution in [3.8, 4) is 6.07 Å². The van der Waals surface area contributed by atoms with E-state index in [0.29, 0.717) is 16.8 Å². The van der Waals surface area contributed by atoms with Crippen molar-refractivity contribution in [1.82, 2.24) is 5.32 Å². The molecule has 0 aromatic heterocycles. The fraction of sp³-hybridized carbons (Fsp3) is 0.231. The smallest absolute Gasteiger partial charge is 0.326 e. The van der Waals surface area contributed by atoms with Gasteiger partial charge in [0.25, 0.3) is 0 Å². The topological polar surface area (TPSA) is 145 Å². The summed E-state index contributed by atoms with van der Waals surface area (Å²) >= 11 is 0. The minimum Gasteiger partial charge on any atom is -0.480 e. The predicted octanol–water partition coefficient (Wildman–Crippen LogP) is 0.317. The van der Waals surface area contributed by atoms with Crippen molar-refractivity contribution in [2.45, 2.75) is 19.4 Å². The van der Waals surface area contributed by atoms with Gasteiger partial charge in [0.15, 0.2) is 0 Å². The Labute approximate surface area is 120 Å². The molecule has 5 N–H and O–H groups in total. The van der Waals surface area contributed by atoms with Crippen LogP contribution in [0, 0.1) is 18.3 Å². The maximum absolute atomic E-state index is 11.7. The van der Waals surface area contributed by atoms with Crippen molar-refractivity contribution in [3.05, 3.63) is 29.3 Å². The molecular weight excluding hydrogens is 276 g/mol. The molecule has 0 heterocycles. The van der Waals surface area contributed by atoms with E-state index in [2.05, 4.69) is 10.6 Å². The van der Waals surface area contributed by atoms with E-state index in [4.69, 9.17) is 16.1 Å². The largest absolute Gasteiger partial charge is 0.480 e. The van der Waals surface area contributed by atoms with Gasteiger partial charge in [0.2, 0.25) is 5.91 Å². The summed E-state index contributed by atoms with van der Waals surface area (Å²) in [5, 5.41) is 22.2. The van der Waals surface area contributed by atoms with E-state index in [0.717, 1.165) is 0 Å². The molecule has 0 aliphatic heterocycles. The lowest BCUT2D eigenvalue weighted by Crippen LogP contribution is -2.45. The van der Waals surface area contributed by atoms with E-state index in [-0.39, 0.29) is 0 Å². The van der Waals surface area contributed by atoms with Gasteiger partial charge in [0, 0.05) is 5.69 Å². The second-order valence-electron chi connectivity index (χ2n) is 4.30. The van der Waals surface area contributed by atoms with E-state index in [1.54, 1.807) is 19.1 Å². The van der Waals surface area contributed by atoms with Gasteiger partial charge < -0.3 is 21.5 Å². The zero-order valence-corrected chi connectivity index (χ0v) is 11.2. The van der Waals surface area contributed by atoms with Crippen molar-refractivity contribution in [2.24, 2.45) is 5.73 Å². The van der Waals surface area contributed by atoms with E-state index in [1.165, 1.54) is 6.07 Å². The average molecular weight is 290 g/mol. The summed E-state index contributed by atoms with van der Waals surface area (Å²) in [6, 6.07) is 4.40. The molecule has 0 bridgehead atoms. The highest BCUT2D eigenvalue weighted by Gasteiger charge is 2.22. The molecule has 0 saturated carbocycles. The average Bonchev–Trinajstić information content (AvgIpc) is 2.39. The molecule has 0 saturated heterocycles. The number of nitrogens with zero attached hydrogens (tertiary/aromatic N) is 1. The molecule has 0 fully saturated rings. The molecule has 0 spiro atoms. The minimum atomic E-state index is -1.41. The Balaban J connectivity index is 2.79. The first-order chi connectivity index (χ1) is 9.83. The fourth-order valence-electron chi connectivity index (χ4n) is 1.54. The van der Waals surface area contributed by atoms with Gasteiger partial charge in [-0.3, -0.25) is 4.79 Å². The number of carbonyl (C=O) groups is 3. The van der Waals surface area contributed by atoms with Crippen molar-refractivity contribution in [2.75, 3.05) is 5.32 Å². The van der Waals surface area contributed by atoms with Crippen molar-refractivity contribution >= 4 is 23.6 Å². The maximum Gasteiger partial charge on any atom is 0.326 e. The quantitative estimate of drug-likeness (QED) is 0.616. The lowest BCUT2D eigenvalue weighted by atomic mass is 10.1. The summed E-state index contributed by atoms with van der Waals surface area (Å²) in [7, 11) is 0.